The van der Waals surface area contributed by atoms with Crippen LogP contribution in [0.2, 0.25) is 0 Å². The van der Waals surface area contributed by atoms with Crippen molar-refractivity contribution in [2.75, 3.05) is 19.7 Å². The average molecular weight is 418 g/mol. The van der Waals surface area contributed by atoms with Crippen molar-refractivity contribution in [1.29, 1.82) is 0 Å². The van der Waals surface area contributed by atoms with Gasteiger partial charge in [-0.25, -0.2) is 4.98 Å². The van der Waals surface area contributed by atoms with Crippen molar-refractivity contribution in [3.63, 3.8) is 0 Å². The van der Waals surface area contributed by atoms with Crippen LogP contribution in [0.3, 0.4) is 0 Å². The molecule has 2 heterocycles. The van der Waals surface area contributed by atoms with Gasteiger partial charge in [0, 0.05) is 37.3 Å². The number of hydrogen-bond donors (Lipinski definition) is 0. The molecule has 6 nitrogen and oxygen atoms in total. The fraction of sp³-hybridized carbons (Fsp3) is 0.320. The minimum atomic E-state index is -0.660. The summed E-state index contributed by atoms with van der Waals surface area (Å²) < 4.78 is 6.82. The maximum atomic E-state index is 13.6. The Morgan fingerprint density at radius 2 is 1.58 bits per heavy atom. The van der Waals surface area contributed by atoms with Crippen LogP contribution >= 0.6 is 0 Å². The highest BCUT2D eigenvalue weighted by molar-refractivity contribution is 5.85. The Labute approximate surface area is 182 Å². The zero-order chi connectivity index (χ0) is 21.6. The molecule has 0 saturated carbocycles. The third kappa shape index (κ3) is 4.68. The van der Waals surface area contributed by atoms with Crippen LogP contribution < -0.4 is 0 Å². The largest absolute Gasteiger partial charge is 0.466 e. The monoisotopic (exact) mass is 417 g/mol. The maximum absolute atomic E-state index is 13.6. The average Bonchev–Trinajstić information content (AvgIpc) is 3.49. The highest BCUT2D eigenvalue weighted by atomic mass is 16.5. The quantitative estimate of drug-likeness (QED) is 0.549. The number of carbonyl (C=O) groups excluding carboxylic acids is 2. The van der Waals surface area contributed by atoms with Crippen molar-refractivity contribution >= 4 is 11.9 Å². The smallest absolute Gasteiger partial charge is 0.308 e. The van der Waals surface area contributed by atoms with Gasteiger partial charge in [0.1, 0.15) is 6.04 Å². The van der Waals surface area contributed by atoms with Crippen LogP contribution in [-0.4, -0.2) is 46.0 Å². The topological polar surface area (TPSA) is 64.4 Å². The molecule has 1 aromatic heterocycles. The molecule has 0 radical (unpaired) electrons. The molecule has 0 bridgehead atoms. The lowest BCUT2D eigenvalue weighted by Gasteiger charge is -2.24. The molecule has 1 unspecified atom stereocenters. The molecule has 0 N–H and O–H groups in total. The molecule has 2 aromatic carbocycles. The summed E-state index contributed by atoms with van der Waals surface area (Å²) in [6.45, 7) is 3.27. The van der Waals surface area contributed by atoms with E-state index in [9.17, 15) is 9.59 Å². The first-order valence-electron chi connectivity index (χ1n) is 10.7. The van der Waals surface area contributed by atoms with E-state index in [0.29, 0.717) is 19.7 Å². The molecular weight excluding hydrogens is 390 g/mol. The number of aromatic nitrogens is 2. The molecular formula is C25H27N3O3. The van der Waals surface area contributed by atoms with E-state index in [2.05, 4.69) is 29.2 Å². The molecule has 1 aliphatic heterocycles. The van der Waals surface area contributed by atoms with E-state index in [1.807, 2.05) is 41.3 Å². The number of rotatable bonds is 7. The third-order valence-corrected chi connectivity index (χ3v) is 5.92. The molecule has 3 atom stereocenters. The van der Waals surface area contributed by atoms with E-state index in [-0.39, 0.29) is 30.1 Å². The van der Waals surface area contributed by atoms with Gasteiger partial charge in [0.25, 0.3) is 0 Å². The lowest BCUT2D eigenvalue weighted by atomic mass is 9.84. The first-order chi connectivity index (χ1) is 15.2. The summed E-state index contributed by atoms with van der Waals surface area (Å²) in [5.41, 5.74) is 2.44. The Bertz CT molecular complexity index is 942. The lowest BCUT2D eigenvalue weighted by molar-refractivity contribution is -0.147. The van der Waals surface area contributed by atoms with Crippen LogP contribution in [0.4, 0.5) is 0 Å². The number of carbonyl (C=O) groups is 2. The number of imidazole rings is 1. The van der Waals surface area contributed by atoms with Gasteiger partial charge in [-0.2, -0.15) is 0 Å². The summed E-state index contributed by atoms with van der Waals surface area (Å²) in [5.74, 6) is -0.0736. The summed E-state index contributed by atoms with van der Waals surface area (Å²) in [7, 11) is 0. The summed E-state index contributed by atoms with van der Waals surface area (Å²) in [6.07, 6.45) is 4.92. The second kappa shape index (κ2) is 9.60. The van der Waals surface area contributed by atoms with Crippen LogP contribution in [0.5, 0.6) is 0 Å². The summed E-state index contributed by atoms with van der Waals surface area (Å²) in [5, 5.41) is 0. The van der Waals surface area contributed by atoms with Gasteiger partial charge in [-0.3, -0.25) is 9.59 Å². The van der Waals surface area contributed by atoms with Gasteiger partial charge in [-0.05, 0) is 18.1 Å². The maximum Gasteiger partial charge on any atom is 0.308 e. The van der Waals surface area contributed by atoms with Crippen LogP contribution in [-0.2, 0) is 14.3 Å². The fourth-order valence-electron chi connectivity index (χ4n) is 4.42. The summed E-state index contributed by atoms with van der Waals surface area (Å²) >= 11 is 0. The van der Waals surface area contributed by atoms with Gasteiger partial charge in [0.15, 0.2) is 0 Å². The minimum Gasteiger partial charge on any atom is -0.466 e. The first kappa shape index (κ1) is 20.8. The number of hydrogen-bond acceptors (Lipinski definition) is 4. The molecule has 0 spiro atoms. The normalized spacial score (nSPS) is 19.2. The van der Waals surface area contributed by atoms with E-state index in [1.165, 1.54) is 11.1 Å². The molecule has 160 valence electrons. The SMILES string of the molecule is CCOC(=O)CC(C(=O)N1C[C@@H](c2ccccc2)[C@H](c2ccccc2)C1)n1ccnc1. The van der Waals surface area contributed by atoms with Crippen LogP contribution in [0, 0.1) is 0 Å². The number of nitrogens with zero attached hydrogens (tertiary/aromatic N) is 3. The highest BCUT2D eigenvalue weighted by Crippen LogP contribution is 2.40. The van der Waals surface area contributed by atoms with Gasteiger partial charge >= 0.3 is 5.97 Å². The summed E-state index contributed by atoms with van der Waals surface area (Å²) in [4.78, 5) is 31.8. The predicted molar refractivity (Wildman–Crippen MR) is 117 cm³/mol. The molecule has 3 aromatic rings. The van der Waals surface area contributed by atoms with Crippen molar-refractivity contribution in [3.8, 4) is 0 Å². The highest BCUT2D eigenvalue weighted by Gasteiger charge is 2.39. The van der Waals surface area contributed by atoms with E-state index in [4.69, 9.17) is 4.74 Å². The molecule has 1 aliphatic rings. The number of benzene rings is 2. The van der Waals surface area contributed by atoms with Crippen molar-refractivity contribution in [2.45, 2.75) is 31.2 Å². The molecule has 31 heavy (non-hydrogen) atoms. The number of esters is 1. The Kier molecular flexibility index (Phi) is 6.46. The lowest BCUT2D eigenvalue weighted by Crippen LogP contribution is -2.37. The van der Waals surface area contributed by atoms with E-state index in [0.717, 1.165) is 0 Å². The Balaban J connectivity index is 1.61. The Morgan fingerprint density at radius 1 is 1.00 bits per heavy atom. The van der Waals surface area contributed by atoms with Crippen LogP contribution in [0.15, 0.2) is 79.4 Å². The standard InChI is InChI=1S/C25H27N3O3/c1-2-31-24(29)15-23(27-14-13-26-18-27)25(30)28-16-21(19-9-5-3-6-10-19)22(17-28)20-11-7-4-8-12-20/h3-14,18,21-23H,2,15-17H2,1H3/t21-,22-,23?/m0/s1. The van der Waals surface area contributed by atoms with Crippen LogP contribution in [0.1, 0.15) is 42.3 Å². The fourth-order valence-corrected chi connectivity index (χ4v) is 4.42. The number of likely N-dealkylation sites (tertiary alicyclic amines) is 1. The third-order valence-electron chi connectivity index (χ3n) is 5.92. The Hall–Kier alpha value is -3.41. The summed E-state index contributed by atoms with van der Waals surface area (Å²) in [6, 6.07) is 20.0. The van der Waals surface area contributed by atoms with Gasteiger partial charge in [-0.15, -0.1) is 0 Å². The predicted octanol–water partition coefficient (Wildman–Crippen LogP) is 3.79. The number of amides is 1. The van der Waals surface area contributed by atoms with E-state index >= 15 is 0 Å². The van der Waals surface area contributed by atoms with Gasteiger partial charge in [0.05, 0.1) is 19.4 Å². The van der Waals surface area contributed by atoms with Crippen LogP contribution in [0.25, 0.3) is 0 Å². The van der Waals surface area contributed by atoms with Gasteiger partial charge < -0.3 is 14.2 Å². The molecule has 1 saturated heterocycles. The molecule has 4 rings (SSSR count). The second-order valence-corrected chi connectivity index (χ2v) is 7.81. The Morgan fingerprint density at radius 3 is 2.06 bits per heavy atom. The van der Waals surface area contributed by atoms with Crippen molar-refractivity contribution in [1.82, 2.24) is 14.5 Å². The molecule has 0 aliphatic carbocycles. The first-order valence-corrected chi connectivity index (χ1v) is 10.7. The van der Waals surface area contributed by atoms with Gasteiger partial charge in [-0.1, -0.05) is 60.7 Å². The second-order valence-electron chi connectivity index (χ2n) is 7.81. The van der Waals surface area contributed by atoms with Gasteiger partial charge in [0.2, 0.25) is 5.91 Å². The van der Waals surface area contributed by atoms with E-state index in [1.54, 1.807) is 30.2 Å². The van der Waals surface area contributed by atoms with Crippen molar-refractivity contribution in [2.24, 2.45) is 0 Å². The zero-order valence-electron chi connectivity index (χ0n) is 17.6. The van der Waals surface area contributed by atoms with Crippen molar-refractivity contribution < 1.29 is 14.3 Å². The molecule has 1 fully saturated rings. The number of ether oxygens (including phenoxy) is 1. The van der Waals surface area contributed by atoms with Crippen molar-refractivity contribution in [3.05, 3.63) is 90.5 Å². The molecule has 1 amide bonds. The van der Waals surface area contributed by atoms with E-state index < -0.39 is 6.04 Å². The molecule has 6 heteroatoms. The minimum absolute atomic E-state index is 0.00839. The zero-order valence-corrected chi connectivity index (χ0v) is 17.6.